The fraction of sp³-hybridized carbons (Fsp3) is 0.360. The summed E-state index contributed by atoms with van der Waals surface area (Å²) in [4.78, 5) is 51.1. The molecular formula is C25H36N10O4. The Morgan fingerprint density at radius 2 is 1.18 bits per heavy atom. The van der Waals surface area contributed by atoms with Crippen LogP contribution in [0.3, 0.4) is 0 Å². The Bertz CT molecular complexity index is 1320. The van der Waals surface area contributed by atoms with Gasteiger partial charge in [0, 0.05) is 79.0 Å². The predicted octanol–water partition coefficient (Wildman–Crippen LogP) is -0.276. The zero-order chi connectivity index (χ0) is 28.5. The zero-order valence-electron chi connectivity index (χ0n) is 22.4. The number of anilines is 3. The van der Waals surface area contributed by atoms with Gasteiger partial charge in [-0.1, -0.05) is 0 Å². The molecule has 0 fully saturated rings. The van der Waals surface area contributed by atoms with E-state index in [9.17, 15) is 19.2 Å². The number of nitrogens with one attached hydrogen (secondary N) is 4. The van der Waals surface area contributed by atoms with Gasteiger partial charge in [0.2, 0.25) is 6.41 Å². The van der Waals surface area contributed by atoms with Crippen molar-refractivity contribution in [3.8, 4) is 0 Å². The SMILES string of the molecule is Cn1cc(NC(=O)c2cc(NC(=O)c3cc(NC=O)cn3C)cn2C)cc1C(=O)NCCN(CCN)CCN. The number of carbonyl (C=O) groups excluding carboxylic acids is 4. The molecule has 0 radical (unpaired) electrons. The highest BCUT2D eigenvalue weighted by atomic mass is 16.2. The fourth-order valence-electron chi connectivity index (χ4n) is 4.16. The van der Waals surface area contributed by atoms with Crippen LogP contribution in [0.5, 0.6) is 0 Å². The number of hydrogen-bond acceptors (Lipinski definition) is 7. The normalized spacial score (nSPS) is 10.9. The Labute approximate surface area is 226 Å². The third kappa shape index (κ3) is 7.56. The molecule has 0 saturated heterocycles. The molecule has 3 aromatic rings. The molecule has 0 unspecified atom stereocenters. The van der Waals surface area contributed by atoms with E-state index in [4.69, 9.17) is 11.5 Å². The number of amides is 4. The summed E-state index contributed by atoms with van der Waals surface area (Å²) in [6.07, 6.45) is 5.40. The van der Waals surface area contributed by atoms with Gasteiger partial charge in [-0.15, -0.1) is 0 Å². The first-order valence-corrected chi connectivity index (χ1v) is 12.4. The van der Waals surface area contributed by atoms with Gasteiger partial charge < -0.3 is 46.4 Å². The molecule has 14 heteroatoms. The topological polar surface area (TPSA) is 186 Å². The van der Waals surface area contributed by atoms with Gasteiger partial charge in [-0.3, -0.25) is 24.1 Å². The van der Waals surface area contributed by atoms with Crippen molar-refractivity contribution in [1.29, 1.82) is 0 Å². The van der Waals surface area contributed by atoms with Crippen LogP contribution >= 0.6 is 0 Å². The average Bonchev–Trinajstić information content (AvgIpc) is 3.55. The first-order chi connectivity index (χ1) is 18.7. The minimum atomic E-state index is -0.411. The standard InChI is InChI=1S/C25H36N10O4/c1-32-13-17(29-16-36)10-21(32)24(38)31-19-12-22(34(3)15-19)25(39)30-18-11-20(33(2)14-18)23(37)28-6-9-35(7-4-26)8-5-27/h10-16H,4-9,26-27H2,1-3H3,(H,28,37)(H,29,36)(H,30,39)(H,31,38). The second kappa shape index (κ2) is 13.4. The molecule has 0 bridgehead atoms. The summed E-state index contributed by atoms with van der Waals surface area (Å²) < 4.78 is 4.80. The van der Waals surface area contributed by atoms with Crippen molar-refractivity contribution in [3.63, 3.8) is 0 Å². The summed E-state index contributed by atoms with van der Waals surface area (Å²) in [5, 5.41) is 10.9. The van der Waals surface area contributed by atoms with Crippen LogP contribution in [0.1, 0.15) is 31.5 Å². The maximum Gasteiger partial charge on any atom is 0.272 e. The van der Waals surface area contributed by atoms with Crippen molar-refractivity contribution in [1.82, 2.24) is 23.9 Å². The van der Waals surface area contributed by atoms with E-state index in [2.05, 4.69) is 26.2 Å². The molecule has 0 aliphatic heterocycles. The third-order valence-electron chi connectivity index (χ3n) is 6.06. The molecule has 0 atom stereocenters. The Morgan fingerprint density at radius 1 is 0.744 bits per heavy atom. The second-order valence-corrected chi connectivity index (χ2v) is 9.02. The first kappa shape index (κ1) is 29.2. The van der Waals surface area contributed by atoms with Crippen molar-refractivity contribution >= 4 is 41.2 Å². The second-order valence-electron chi connectivity index (χ2n) is 9.02. The Balaban J connectivity index is 1.61. The van der Waals surface area contributed by atoms with Crippen molar-refractivity contribution in [2.75, 3.05) is 55.2 Å². The number of rotatable bonds is 14. The minimum absolute atomic E-state index is 0.269. The van der Waals surface area contributed by atoms with Crippen molar-refractivity contribution < 1.29 is 19.2 Å². The van der Waals surface area contributed by atoms with Gasteiger partial charge >= 0.3 is 0 Å². The summed E-state index contributed by atoms with van der Waals surface area (Å²) in [5.41, 5.74) is 13.6. The molecule has 0 aliphatic rings. The maximum absolute atomic E-state index is 13.0. The van der Waals surface area contributed by atoms with Crippen LogP contribution in [0.25, 0.3) is 0 Å². The van der Waals surface area contributed by atoms with Crippen molar-refractivity contribution in [2.45, 2.75) is 0 Å². The molecule has 39 heavy (non-hydrogen) atoms. The number of nitrogens with two attached hydrogens (primary N) is 2. The number of hydrogen-bond donors (Lipinski definition) is 6. The van der Waals surface area contributed by atoms with E-state index in [1.807, 2.05) is 0 Å². The molecule has 0 spiro atoms. The maximum atomic E-state index is 13.0. The van der Waals surface area contributed by atoms with Crippen LogP contribution in [0, 0.1) is 0 Å². The van der Waals surface area contributed by atoms with Crippen LogP contribution in [-0.2, 0) is 25.9 Å². The van der Waals surface area contributed by atoms with Gasteiger partial charge in [0.1, 0.15) is 17.1 Å². The molecule has 8 N–H and O–H groups in total. The largest absolute Gasteiger partial charge is 0.349 e. The lowest BCUT2D eigenvalue weighted by Gasteiger charge is -2.20. The van der Waals surface area contributed by atoms with Crippen LogP contribution in [0.4, 0.5) is 17.1 Å². The molecule has 4 amide bonds. The van der Waals surface area contributed by atoms with Crippen LogP contribution in [0.15, 0.2) is 36.8 Å². The lowest BCUT2D eigenvalue weighted by Crippen LogP contribution is -2.40. The van der Waals surface area contributed by atoms with Crippen LogP contribution < -0.4 is 32.7 Å². The summed E-state index contributed by atoms with van der Waals surface area (Å²) >= 11 is 0. The third-order valence-corrected chi connectivity index (χ3v) is 6.06. The van der Waals surface area contributed by atoms with E-state index in [1.165, 1.54) is 0 Å². The highest BCUT2D eigenvalue weighted by molar-refractivity contribution is 6.07. The van der Waals surface area contributed by atoms with Crippen LogP contribution in [-0.4, -0.2) is 82.0 Å². The molecule has 210 valence electrons. The van der Waals surface area contributed by atoms with Gasteiger partial charge in [0.05, 0.1) is 17.1 Å². The lowest BCUT2D eigenvalue weighted by atomic mass is 10.3. The highest BCUT2D eigenvalue weighted by Crippen LogP contribution is 2.19. The molecule has 0 aromatic carbocycles. The molecule has 0 saturated carbocycles. The van der Waals surface area contributed by atoms with Gasteiger partial charge in [0.15, 0.2) is 0 Å². The van der Waals surface area contributed by atoms with Gasteiger partial charge in [-0.05, 0) is 18.2 Å². The summed E-state index contributed by atoms with van der Waals surface area (Å²) in [7, 11) is 5.08. The lowest BCUT2D eigenvalue weighted by molar-refractivity contribution is -0.105. The fourth-order valence-corrected chi connectivity index (χ4v) is 4.16. The Morgan fingerprint density at radius 3 is 1.64 bits per heavy atom. The summed E-state index contributed by atoms with van der Waals surface area (Å²) in [6, 6.07) is 4.68. The van der Waals surface area contributed by atoms with Crippen molar-refractivity contribution in [3.05, 3.63) is 53.9 Å². The highest BCUT2D eigenvalue weighted by Gasteiger charge is 2.18. The van der Waals surface area contributed by atoms with Gasteiger partial charge in [0.25, 0.3) is 17.7 Å². The van der Waals surface area contributed by atoms with E-state index in [-0.39, 0.29) is 5.91 Å². The molecule has 3 aromatic heterocycles. The van der Waals surface area contributed by atoms with E-state index < -0.39 is 11.8 Å². The Hall–Kier alpha value is -4.40. The number of aryl methyl sites for hydroxylation is 3. The van der Waals surface area contributed by atoms with E-state index in [1.54, 1.807) is 71.6 Å². The van der Waals surface area contributed by atoms with Crippen molar-refractivity contribution in [2.24, 2.45) is 32.6 Å². The van der Waals surface area contributed by atoms with E-state index >= 15 is 0 Å². The number of nitrogens with zero attached hydrogens (tertiary/aromatic N) is 4. The van der Waals surface area contributed by atoms with E-state index in [0.717, 1.165) is 0 Å². The number of carbonyl (C=O) groups is 4. The summed E-state index contributed by atoms with van der Waals surface area (Å²) in [5.74, 6) is -1.08. The summed E-state index contributed by atoms with van der Waals surface area (Å²) in [6.45, 7) is 3.48. The smallest absolute Gasteiger partial charge is 0.272 e. The Kier molecular flexibility index (Phi) is 10.0. The monoisotopic (exact) mass is 540 g/mol. The molecule has 0 aliphatic carbocycles. The van der Waals surface area contributed by atoms with E-state index in [0.29, 0.717) is 79.8 Å². The van der Waals surface area contributed by atoms with Crippen LogP contribution in [0.2, 0.25) is 0 Å². The zero-order valence-corrected chi connectivity index (χ0v) is 22.4. The predicted molar refractivity (Wildman–Crippen MR) is 149 cm³/mol. The number of aromatic nitrogens is 3. The minimum Gasteiger partial charge on any atom is -0.349 e. The molecule has 3 heterocycles. The quantitative estimate of drug-likeness (QED) is 0.152. The molecular weight excluding hydrogens is 504 g/mol. The molecule has 14 nitrogen and oxygen atoms in total. The first-order valence-electron chi connectivity index (χ1n) is 12.4. The van der Waals surface area contributed by atoms with Gasteiger partial charge in [-0.25, -0.2) is 0 Å². The average molecular weight is 541 g/mol. The molecule has 3 rings (SSSR count). The van der Waals surface area contributed by atoms with Gasteiger partial charge in [-0.2, -0.15) is 0 Å².